The Labute approximate surface area is 192 Å². The Hall–Kier alpha value is -2.37. The van der Waals surface area contributed by atoms with Crippen LogP contribution in [0.3, 0.4) is 0 Å². The lowest BCUT2D eigenvalue weighted by Gasteiger charge is -2.21. The van der Waals surface area contributed by atoms with E-state index in [4.69, 9.17) is 11.6 Å². The number of hydrogen-bond donors (Lipinski definition) is 1. The molecule has 0 bridgehead atoms. The average Bonchev–Trinajstić information content (AvgIpc) is 2.78. The van der Waals surface area contributed by atoms with Crippen LogP contribution in [0.5, 0.6) is 0 Å². The predicted molar refractivity (Wildman–Crippen MR) is 128 cm³/mol. The van der Waals surface area contributed by atoms with Gasteiger partial charge in [0.05, 0.1) is 0 Å². The second-order valence-corrected chi connectivity index (χ2v) is 9.58. The Morgan fingerprint density at radius 2 is 2.23 bits per heavy atom. The van der Waals surface area contributed by atoms with Crippen LogP contribution < -0.4 is 5.32 Å². The fourth-order valence-corrected chi connectivity index (χ4v) is 5.41. The van der Waals surface area contributed by atoms with Crippen LogP contribution >= 0.6 is 23.4 Å². The molecule has 2 amide bonds. The smallest absolute Gasteiger partial charge is 0.352 e. The first kappa shape index (κ1) is 21.8. The van der Waals surface area contributed by atoms with Crippen molar-refractivity contribution in [2.24, 2.45) is 0 Å². The molecule has 1 atom stereocenters. The first-order valence-corrected chi connectivity index (χ1v) is 11.9. The number of hydrogen-bond acceptors (Lipinski definition) is 3. The molecular formula is C25H26ClN2O2S+. The van der Waals surface area contributed by atoms with Crippen molar-refractivity contribution in [2.45, 2.75) is 37.4 Å². The summed E-state index contributed by atoms with van der Waals surface area (Å²) in [6, 6.07) is 7.44. The van der Waals surface area contributed by atoms with Crippen LogP contribution in [-0.4, -0.2) is 40.9 Å². The maximum Gasteiger partial charge on any atom is 0.425 e. The Morgan fingerprint density at radius 3 is 3.00 bits per heavy atom. The van der Waals surface area contributed by atoms with Gasteiger partial charge in [0.15, 0.2) is 0 Å². The van der Waals surface area contributed by atoms with Crippen molar-refractivity contribution in [3.63, 3.8) is 0 Å². The van der Waals surface area contributed by atoms with Crippen molar-refractivity contribution >= 4 is 47.0 Å². The summed E-state index contributed by atoms with van der Waals surface area (Å²) in [4.78, 5) is 26.2. The van der Waals surface area contributed by atoms with Crippen molar-refractivity contribution in [3.05, 3.63) is 75.2 Å². The number of thioether (sulfide) groups is 1. The molecule has 0 saturated carbocycles. The summed E-state index contributed by atoms with van der Waals surface area (Å²) in [7, 11) is 1.76. The third-order valence-electron chi connectivity index (χ3n) is 5.73. The van der Waals surface area contributed by atoms with E-state index in [9.17, 15) is 9.59 Å². The monoisotopic (exact) mass is 453 g/mol. The zero-order valence-corrected chi connectivity index (χ0v) is 19.1. The molecule has 4 rings (SSSR count). The van der Waals surface area contributed by atoms with Crippen molar-refractivity contribution in [1.29, 1.82) is 0 Å². The number of carbonyl (C=O) groups excluding carboxylic acids is 2. The van der Waals surface area contributed by atoms with E-state index in [1.807, 2.05) is 48.6 Å². The maximum atomic E-state index is 12.9. The largest absolute Gasteiger partial charge is 0.425 e. The molecule has 3 aliphatic rings. The van der Waals surface area contributed by atoms with Gasteiger partial charge in [-0.2, -0.15) is 4.58 Å². The highest BCUT2D eigenvalue weighted by molar-refractivity contribution is 8.05. The third kappa shape index (κ3) is 5.28. The lowest BCUT2D eigenvalue weighted by atomic mass is 9.97. The number of rotatable bonds is 5. The molecule has 0 radical (unpaired) electrons. The molecule has 1 aromatic carbocycles. The van der Waals surface area contributed by atoms with Gasteiger partial charge in [-0.05, 0) is 55.9 Å². The van der Waals surface area contributed by atoms with Gasteiger partial charge in [-0.25, -0.2) is 4.79 Å². The molecule has 1 N–H and O–H groups in total. The number of fused-ring (bicyclic) bond motifs is 1. The molecule has 0 fully saturated rings. The third-order valence-corrected chi connectivity index (χ3v) is 7.16. The first-order valence-electron chi connectivity index (χ1n) is 10.7. The van der Waals surface area contributed by atoms with Gasteiger partial charge >= 0.3 is 5.91 Å². The van der Waals surface area contributed by atoms with Crippen LogP contribution in [0, 0.1) is 0 Å². The normalized spacial score (nSPS) is 22.2. The number of carbonyl (C=O) groups is 2. The molecular weight excluding hydrogens is 428 g/mol. The quantitative estimate of drug-likeness (QED) is 0.391. The number of benzene rings is 1. The fourth-order valence-electron chi connectivity index (χ4n) is 3.99. The van der Waals surface area contributed by atoms with Crippen molar-refractivity contribution in [1.82, 2.24) is 5.32 Å². The minimum atomic E-state index is -0.0928. The zero-order chi connectivity index (χ0) is 21.8. The lowest BCUT2D eigenvalue weighted by molar-refractivity contribution is -0.413. The predicted octanol–water partition coefficient (Wildman–Crippen LogP) is 4.91. The number of halogens is 1. The van der Waals surface area contributed by atoms with Gasteiger partial charge in [-0.3, -0.25) is 4.79 Å². The highest BCUT2D eigenvalue weighted by atomic mass is 35.5. The van der Waals surface area contributed by atoms with Gasteiger partial charge in [0, 0.05) is 23.2 Å². The number of amides is 2. The number of allylic oxidation sites excluding steroid dienone is 2. The van der Waals surface area contributed by atoms with E-state index in [0.29, 0.717) is 22.0 Å². The van der Waals surface area contributed by atoms with Crippen molar-refractivity contribution in [2.75, 3.05) is 13.6 Å². The minimum absolute atomic E-state index is 0.00271. The van der Waals surface area contributed by atoms with Crippen LogP contribution in [0.15, 0.2) is 64.6 Å². The second-order valence-electron chi connectivity index (χ2n) is 7.96. The van der Waals surface area contributed by atoms with Gasteiger partial charge in [0.2, 0.25) is 5.71 Å². The van der Waals surface area contributed by atoms with Gasteiger partial charge in [0.25, 0.3) is 5.91 Å². The molecule has 160 valence electrons. The molecule has 1 aliphatic heterocycles. The van der Waals surface area contributed by atoms with Crippen LogP contribution in [-0.2, 0) is 9.59 Å². The van der Waals surface area contributed by atoms with Crippen LogP contribution in [0.1, 0.15) is 37.7 Å². The zero-order valence-electron chi connectivity index (χ0n) is 17.6. The van der Waals surface area contributed by atoms with Crippen LogP contribution in [0.4, 0.5) is 0 Å². The van der Waals surface area contributed by atoms with E-state index in [1.165, 1.54) is 30.2 Å². The number of likely N-dealkylation sites (N-methyl/N-ethyl adjacent to an activating group) is 1. The first-order chi connectivity index (χ1) is 15.0. The molecule has 6 heteroatoms. The number of nitrogens with one attached hydrogen (secondary N) is 1. The summed E-state index contributed by atoms with van der Waals surface area (Å²) in [6.07, 6.45) is 15.6. The van der Waals surface area contributed by atoms with E-state index in [2.05, 4.69) is 11.4 Å². The number of nitrogens with zero attached hydrogens (tertiary/aromatic N) is 1. The molecule has 4 nitrogen and oxygen atoms in total. The Balaban J connectivity index is 1.46. The van der Waals surface area contributed by atoms with Crippen molar-refractivity contribution in [3.8, 4) is 0 Å². The summed E-state index contributed by atoms with van der Waals surface area (Å²) in [6.45, 7) is 0.644. The fraction of sp³-hybridized carbons (Fsp3) is 0.320. The van der Waals surface area contributed by atoms with E-state index >= 15 is 0 Å². The van der Waals surface area contributed by atoms with Gasteiger partial charge in [0.1, 0.15) is 17.2 Å². The topological polar surface area (TPSA) is 49.2 Å². The molecule has 1 heterocycles. The van der Waals surface area contributed by atoms with Crippen LogP contribution in [0.2, 0.25) is 5.02 Å². The Bertz CT molecular complexity index is 1070. The van der Waals surface area contributed by atoms with Gasteiger partial charge in [-0.15, -0.1) is 0 Å². The van der Waals surface area contributed by atoms with Crippen molar-refractivity contribution < 1.29 is 14.2 Å². The molecule has 0 aromatic heterocycles. The maximum absolute atomic E-state index is 12.9. The highest BCUT2D eigenvalue weighted by Crippen LogP contribution is 2.33. The van der Waals surface area contributed by atoms with E-state index in [1.54, 1.807) is 11.6 Å². The van der Waals surface area contributed by atoms with Gasteiger partial charge < -0.3 is 5.32 Å². The minimum Gasteiger partial charge on any atom is -0.352 e. The van der Waals surface area contributed by atoms with Crippen LogP contribution in [0.25, 0.3) is 6.08 Å². The molecule has 1 aromatic rings. The molecule has 0 saturated heterocycles. The standard InChI is InChI=1S/C25H25ClN2O2S/c1-28-21-16-19(24(29)27-13-12-17-6-3-2-4-7-17)10-11-22(21)31-23(25(28)30)15-18-8-5-9-20(26)14-18/h5-6,8-11,14-16,22H,2-4,7,12-13H2,1H3/p+1/b23-15-. The summed E-state index contributed by atoms with van der Waals surface area (Å²) < 4.78 is 1.64. The van der Waals surface area contributed by atoms with Gasteiger partial charge in [-0.1, -0.05) is 59.3 Å². The summed E-state index contributed by atoms with van der Waals surface area (Å²) in [5, 5.41) is 3.66. The van der Waals surface area contributed by atoms with E-state index in [0.717, 1.165) is 30.5 Å². The summed E-state index contributed by atoms with van der Waals surface area (Å²) >= 11 is 7.57. The van der Waals surface area contributed by atoms with E-state index in [-0.39, 0.29) is 17.1 Å². The molecule has 1 unspecified atom stereocenters. The SMILES string of the molecule is C[N+]1=C2C=C(C(=O)NCCC3=CCCCC3)C=CC2S/C(=C\c2cccc(Cl)c2)C1=O. The lowest BCUT2D eigenvalue weighted by Crippen LogP contribution is -2.37. The summed E-state index contributed by atoms with van der Waals surface area (Å²) in [5.41, 5.74) is 3.76. The molecule has 2 aliphatic carbocycles. The molecule has 31 heavy (non-hydrogen) atoms. The molecule has 0 spiro atoms. The average molecular weight is 454 g/mol. The highest BCUT2D eigenvalue weighted by Gasteiger charge is 2.37. The van der Waals surface area contributed by atoms with E-state index < -0.39 is 0 Å². The Kier molecular flexibility index (Phi) is 6.93. The summed E-state index contributed by atoms with van der Waals surface area (Å²) in [5.74, 6) is -0.170. The Morgan fingerprint density at radius 1 is 1.35 bits per heavy atom. The second kappa shape index (κ2) is 9.84.